The highest BCUT2D eigenvalue weighted by molar-refractivity contribution is 5.97. The second-order valence-electron chi connectivity index (χ2n) is 9.94. The standard InChI is InChI=1S/C24H29N3O4/c1-23(2,3)17-9-15(10-18(20(17)29)24(4,5)6)19(28)13-26-12-16-8-7-14(21(30)31)11-27(16)22(26)25/h7-12,25,29H,13H2,1-6H3,(H,30,31). The van der Waals surface area contributed by atoms with E-state index in [0.717, 1.165) is 0 Å². The van der Waals surface area contributed by atoms with Gasteiger partial charge in [-0.1, -0.05) is 41.5 Å². The van der Waals surface area contributed by atoms with Crippen LogP contribution in [0.25, 0.3) is 5.52 Å². The molecule has 0 fully saturated rings. The first kappa shape index (κ1) is 22.3. The number of fused-ring (bicyclic) bond motifs is 1. The molecule has 0 atom stereocenters. The number of aromatic hydroxyl groups is 1. The van der Waals surface area contributed by atoms with E-state index in [2.05, 4.69) is 0 Å². The van der Waals surface area contributed by atoms with Gasteiger partial charge in [0.05, 0.1) is 17.6 Å². The molecule has 2 heterocycles. The highest BCUT2D eigenvalue weighted by atomic mass is 16.4. The van der Waals surface area contributed by atoms with Crippen molar-refractivity contribution in [1.82, 2.24) is 8.97 Å². The molecule has 2 aromatic heterocycles. The van der Waals surface area contributed by atoms with Gasteiger partial charge in [-0.25, -0.2) is 4.79 Å². The topological polar surface area (TPSA) is 108 Å². The van der Waals surface area contributed by atoms with E-state index < -0.39 is 5.97 Å². The fourth-order valence-corrected chi connectivity index (χ4v) is 3.59. The lowest BCUT2D eigenvalue weighted by atomic mass is 9.78. The molecular weight excluding hydrogens is 394 g/mol. The number of pyridine rings is 1. The summed E-state index contributed by atoms with van der Waals surface area (Å²) in [5.74, 6) is -1.06. The summed E-state index contributed by atoms with van der Waals surface area (Å²) in [6, 6.07) is 6.54. The Morgan fingerprint density at radius 1 is 0.935 bits per heavy atom. The SMILES string of the molecule is CC(C)(C)c1cc(C(=O)Cn2cc3ccc(C(=O)O)cn3c2=N)cc(C(C)(C)C)c1O. The number of carboxylic acid groups (broad SMARTS) is 1. The number of ketones is 1. The number of carbonyl (C=O) groups excluding carboxylic acids is 1. The zero-order chi connectivity index (χ0) is 23.3. The quantitative estimate of drug-likeness (QED) is 0.549. The Morgan fingerprint density at radius 2 is 1.48 bits per heavy atom. The fourth-order valence-electron chi connectivity index (χ4n) is 3.59. The van der Waals surface area contributed by atoms with Crippen molar-refractivity contribution in [2.24, 2.45) is 0 Å². The number of hydrogen-bond acceptors (Lipinski definition) is 4. The average molecular weight is 424 g/mol. The van der Waals surface area contributed by atoms with E-state index in [0.29, 0.717) is 22.2 Å². The van der Waals surface area contributed by atoms with Crippen LogP contribution in [0.2, 0.25) is 0 Å². The molecule has 0 bridgehead atoms. The van der Waals surface area contributed by atoms with Crippen molar-refractivity contribution in [1.29, 1.82) is 5.41 Å². The Labute approximate surface area is 181 Å². The lowest BCUT2D eigenvalue weighted by Crippen LogP contribution is -2.25. The van der Waals surface area contributed by atoms with Crippen molar-refractivity contribution < 1.29 is 19.8 Å². The van der Waals surface area contributed by atoms with Crippen LogP contribution in [0.15, 0.2) is 36.7 Å². The summed E-state index contributed by atoms with van der Waals surface area (Å²) in [4.78, 5) is 24.4. The third-order valence-electron chi connectivity index (χ3n) is 5.38. The van der Waals surface area contributed by atoms with Gasteiger partial charge in [0.15, 0.2) is 5.78 Å². The van der Waals surface area contributed by atoms with Crippen molar-refractivity contribution in [2.75, 3.05) is 0 Å². The number of aromatic nitrogens is 2. The molecular formula is C24H29N3O4. The molecule has 0 spiro atoms. The number of carbonyl (C=O) groups is 2. The smallest absolute Gasteiger partial charge is 0.337 e. The first-order valence-corrected chi connectivity index (χ1v) is 10.1. The van der Waals surface area contributed by atoms with E-state index in [1.54, 1.807) is 24.4 Å². The van der Waals surface area contributed by atoms with Gasteiger partial charge >= 0.3 is 5.97 Å². The largest absolute Gasteiger partial charge is 0.507 e. The number of imidazole rings is 1. The summed E-state index contributed by atoms with van der Waals surface area (Å²) < 4.78 is 2.93. The van der Waals surface area contributed by atoms with Gasteiger partial charge in [0.1, 0.15) is 5.75 Å². The molecule has 0 radical (unpaired) electrons. The van der Waals surface area contributed by atoms with Gasteiger partial charge in [0.2, 0.25) is 5.62 Å². The molecule has 0 aliphatic heterocycles. The van der Waals surface area contributed by atoms with Crippen LogP contribution in [0.4, 0.5) is 0 Å². The number of nitrogens with zero attached hydrogens (tertiary/aromatic N) is 2. The predicted molar refractivity (Wildman–Crippen MR) is 118 cm³/mol. The number of carboxylic acids is 1. The lowest BCUT2D eigenvalue weighted by molar-refractivity contribution is 0.0696. The molecule has 7 nitrogen and oxygen atoms in total. The second kappa shape index (κ2) is 7.41. The van der Waals surface area contributed by atoms with Gasteiger partial charge in [-0.3, -0.25) is 14.6 Å². The molecule has 0 aliphatic carbocycles. The molecule has 164 valence electrons. The maximum absolute atomic E-state index is 13.2. The van der Waals surface area contributed by atoms with Gasteiger partial charge in [0, 0.05) is 29.1 Å². The highest BCUT2D eigenvalue weighted by Crippen LogP contribution is 2.39. The van der Waals surface area contributed by atoms with Crippen LogP contribution in [0.1, 0.15) is 73.4 Å². The van der Waals surface area contributed by atoms with Crippen LogP contribution in [-0.2, 0) is 17.4 Å². The number of phenols is 1. The first-order valence-electron chi connectivity index (χ1n) is 10.1. The van der Waals surface area contributed by atoms with Gasteiger partial charge in [-0.15, -0.1) is 0 Å². The number of phenolic OH excluding ortho intramolecular Hbond substituents is 1. The van der Waals surface area contributed by atoms with Crippen LogP contribution in [0.5, 0.6) is 5.75 Å². The summed E-state index contributed by atoms with van der Waals surface area (Å²) in [5.41, 5.74) is 1.87. The molecule has 0 unspecified atom stereocenters. The van der Waals surface area contributed by atoms with Gasteiger partial charge in [-0.2, -0.15) is 0 Å². The monoisotopic (exact) mass is 423 g/mol. The first-order chi connectivity index (χ1) is 14.2. The Kier molecular flexibility index (Phi) is 5.34. The van der Waals surface area contributed by atoms with Crippen molar-refractivity contribution >= 4 is 17.3 Å². The number of Topliss-reactive ketones (excluding diaryl/α,β-unsaturated/α-hetero) is 1. The van der Waals surface area contributed by atoms with E-state index in [-0.39, 0.29) is 40.1 Å². The molecule has 0 amide bonds. The zero-order valence-electron chi connectivity index (χ0n) is 18.8. The van der Waals surface area contributed by atoms with Gasteiger partial charge < -0.3 is 14.8 Å². The Bertz CT molecular complexity index is 1220. The molecule has 3 rings (SSSR count). The molecule has 0 saturated carbocycles. The van der Waals surface area contributed by atoms with Crippen LogP contribution in [0, 0.1) is 5.41 Å². The number of rotatable bonds is 4. The zero-order valence-corrected chi connectivity index (χ0v) is 18.8. The van der Waals surface area contributed by atoms with E-state index >= 15 is 0 Å². The third kappa shape index (κ3) is 4.26. The fraction of sp³-hybridized carbons (Fsp3) is 0.375. The summed E-state index contributed by atoms with van der Waals surface area (Å²) in [6.07, 6.45) is 3.03. The molecule has 3 N–H and O–H groups in total. The minimum absolute atomic E-state index is 0.0114. The number of benzene rings is 1. The van der Waals surface area contributed by atoms with E-state index in [4.69, 9.17) is 5.41 Å². The van der Waals surface area contributed by atoms with Crippen LogP contribution in [0.3, 0.4) is 0 Å². The molecule has 7 heteroatoms. The minimum Gasteiger partial charge on any atom is -0.507 e. The van der Waals surface area contributed by atoms with E-state index in [9.17, 15) is 19.8 Å². The Balaban J connectivity index is 2.07. The van der Waals surface area contributed by atoms with Crippen LogP contribution in [-0.4, -0.2) is 30.9 Å². The van der Waals surface area contributed by atoms with Gasteiger partial charge in [-0.05, 0) is 35.1 Å². The maximum Gasteiger partial charge on any atom is 0.337 e. The van der Waals surface area contributed by atoms with Crippen molar-refractivity contribution in [3.05, 3.63) is 64.5 Å². The third-order valence-corrected chi connectivity index (χ3v) is 5.38. The minimum atomic E-state index is -1.08. The summed E-state index contributed by atoms with van der Waals surface area (Å²) >= 11 is 0. The summed E-state index contributed by atoms with van der Waals surface area (Å²) in [6.45, 7) is 11.8. The van der Waals surface area contributed by atoms with Gasteiger partial charge in [0.25, 0.3) is 0 Å². The van der Waals surface area contributed by atoms with Crippen molar-refractivity contribution in [3.63, 3.8) is 0 Å². The number of hydrogen-bond donors (Lipinski definition) is 3. The number of aromatic carboxylic acids is 1. The van der Waals surface area contributed by atoms with E-state index in [1.807, 2.05) is 41.5 Å². The molecule has 31 heavy (non-hydrogen) atoms. The second-order valence-corrected chi connectivity index (χ2v) is 9.94. The Morgan fingerprint density at radius 3 is 1.97 bits per heavy atom. The average Bonchev–Trinajstić information content (AvgIpc) is 2.95. The predicted octanol–water partition coefficient (Wildman–Crippen LogP) is 4.10. The summed E-state index contributed by atoms with van der Waals surface area (Å²) in [7, 11) is 0. The van der Waals surface area contributed by atoms with Crippen molar-refractivity contribution in [3.8, 4) is 5.75 Å². The van der Waals surface area contributed by atoms with Crippen LogP contribution >= 0.6 is 0 Å². The molecule has 1 aromatic carbocycles. The summed E-state index contributed by atoms with van der Waals surface area (Å²) in [5, 5.41) is 28.4. The molecule has 0 aliphatic rings. The molecule has 3 aromatic rings. The highest BCUT2D eigenvalue weighted by Gasteiger charge is 2.28. The number of nitrogens with one attached hydrogen (secondary N) is 1. The van der Waals surface area contributed by atoms with Crippen molar-refractivity contribution in [2.45, 2.75) is 58.9 Å². The maximum atomic E-state index is 13.2. The normalized spacial score (nSPS) is 12.3. The Hall–Kier alpha value is -3.35. The lowest BCUT2D eigenvalue weighted by Gasteiger charge is -2.28. The van der Waals surface area contributed by atoms with E-state index in [1.165, 1.54) is 21.2 Å². The molecule has 0 saturated heterocycles. The van der Waals surface area contributed by atoms with Crippen LogP contribution < -0.4 is 5.62 Å².